The summed E-state index contributed by atoms with van der Waals surface area (Å²) < 4.78 is 6.47. The minimum atomic E-state index is -0.455. The van der Waals surface area contributed by atoms with E-state index in [1.54, 1.807) is 12.3 Å². The van der Waals surface area contributed by atoms with Crippen LogP contribution in [0.15, 0.2) is 94.4 Å². The van der Waals surface area contributed by atoms with E-state index in [1.165, 1.54) is 22.3 Å². The van der Waals surface area contributed by atoms with Crippen LogP contribution in [0.2, 0.25) is 0 Å². The summed E-state index contributed by atoms with van der Waals surface area (Å²) in [4.78, 5) is 30.9. The van der Waals surface area contributed by atoms with Crippen LogP contribution in [0, 0.1) is 10.1 Å². The van der Waals surface area contributed by atoms with Gasteiger partial charge in [0.1, 0.15) is 11.6 Å². The number of nitro benzene ring substituents is 1. The molecule has 0 aliphatic heterocycles. The third-order valence-electron chi connectivity index (χ3n) is 7.24. The van der Waals surface area contributed by atoms with E-state index in [0.29, 0.717) is 26.3 Å². The molecular weight excluding hydrogens is 614 g/mol. The third-order valence-corrected chi connectivity index (χ3v) is 9.03. The van der Waals surface area contributed by atoms with Crippen molar-refractivity contribution in [3.63, 3.8) is 0 Å². The lowest BCUT2D eigenvalue weighted by molar-refractivity contribution is -0.386. The predicted molar refractivity (Wildman–Crippen MR) is 172 cm³/mol. The van der Waals surface area contributed by atoms with E-state index in [1.807, 2.05) is 72.8 Å². The van der Waals surface area contributed by atoms with Crippen LogP contribution in [0.4, 0.5) is 16.4 Å². The summed E-state index contributed by atoms with van der Waals surface area (Å²) in [6.45, 7) is 0.175. The van der Waals surface area contributed by atoms with Crippen LogP contribution in [-0.4, -0.2) is 17.0 Å². The number of hydrogen-bond donors (Lipinski definition) is 1. The molecule has 0 atom stereocenters. The molecule has 1 amide bonds. The molecule has 0 bridgehead atoms. The van der Waals surface area contributed by atoms with Gasteiger partial charge < -0.3 is 10.1 Å². The molecule has 5 aromatic rings. The molecule has 9 heteroatoms. The second-order valence-electron chi connectivity index (χ2n) is 10.0. The molecule has 1 aliphatic carbocycles. The number of ether oxygens (including phenoxy) is 1. The molecule has 4 aromatic carbocycles. The Morgan fingerprint density at radius 2 is 1.79 bits per heavy atom. The van der Waals surface area contributed by atoms with E-state index >= 15 is 0 Å². The number of thiophene rings is 1. The summed E-state index contributed by atoms with van der Waals surface area (Å²) in [7, 11) is 0. The topological polar surface area (TPSA) is 93.8 Å². The second-order valence-corrected chi connectivity index (χ2v) is 11.9. The molecule has 1 aromatic heterocycles. The standard InChI is InChI=1S/C33H26BrN3O4S/c34-27-17-21(18-28(37(39)40)31(27)41-20-23-11-8-10-22-9-4-5-14-25(22)23)19-35-33-30(26-15-6-7-16-29(26)42-33)32(38)36-24-12-2-1-3-13-24/h1-5,8-14,17-19H,6-7,15-16,20H2,(H,36,38). The van der Waals surface area contributed by atoms with Gasteiger partial charge in [0.2, 0.25) is 5.75 Å². The van der Waals surface area contributed by atoms with Gasteiger partial charge in [-0.15, -0.1) is 11.3 Å². The fourth-order valence-electron chi connectivity index (χ4n) is 5.25. The van der Waals surface area contributed by atoms with Crippen molar-refractivity contribution < 1.29 is 14.5 Å². The van der Waals surface area contributed by atoms with E-state index in [4.69, 9.17) is 9.73 Å². The van der Waals surface area contributed by atoms with Gasteiger partial charge >= 0.3 is 5.69 Å². The molecule has 6 rings (SSSR count). The van der Waals surface area contributed by atoms with Crippen molar-refractivity contribution in [1.29, 1.82) is 0 Å². The number of amides is 1. The Kier molecular flexibility index (Phi) is 8.12. The first kappa shape index (κ1) is 27.8. The highest BCUT2D eigenvalue weighted by molar-refractivity contribution is 9.10. The van der Waals surface area contributed by atoms with Crippen molar-refractivity contribution in [2.75, 3.05) is 5.32 Å². The maximum Gasteiger partial charge on any atom is 0.312 e. The van der Waals surface area contributed by atoms with Gasteiger partial charge in [-0.25, -0.2) is 4.99 Å². The minimum Gasteiger partial charge on any atom is -0.481 e. The number of rotatable bonds is 8. The molecule has 42 heavy (non-hydrogen) atoms. The maximum atomic E-state index is 13.4. The highest BCUT2D eigenvalue weighted by Gasteiger charge is 2.26. The summed E-state index contributed by atoms with van der Waals surface area (Å²) >= 11 is 5.00. The van der Waals surface area contributed by atoms with Crippen molar-refractivity contribution >= 4 is 66.5 Å². The van der Waals surface area contributed by atoms with E-state index < -0.39 is 4.92 Å². The predicted octanol–water partition coefficient (Wildman–Crippen LogP) is 9.03. The van der Waals surface area contributed by atoms with Crippen LogP contribution in [0.25, 0.3) is 10.8 Å². The molecular formula is C33H26BrN3O4S. The smallest absolute Gasteiger partial charge is 0.312 e. The van der Waals surface area contributed by atoms with Crippen molar-refractivity contribution in [2.24, 2.45) is 4.99 Å². The average Bonchev–Trinajstić information content (AvgIpc) is 3.38. The second kappa shape index (κ2) is 12.3. The van der Waals surface area contributed by atoms with Gasteiger partial charge in [-0.05, 0) is 81.7 Å². The van der Waals surface area contributed by atoms with Crippen molar-refractivity contribution in [3.05, 3.63) is 127 Å². The SMILES string of the molecule is O=C(Nc1ccccc1)c1c(N=Cc2cc(Br)c(OCc3cccc4ccccc34)c([N+](=O)[O-])c2)sc2c1CCCC2. The number of hydrogen-bond acceptors (Lipinski definition) is 6. The fraction of sp³-hybridized carbons (Fsp3) is 0.152. The first-order chi connectivity index (χ1) is 20.5. The van der Waals surface area contributed by atoms with Crippen LogP contribution < -0.4 is 10.1 Å². The number of halogens is 1. The van der Waals surface area contributed by atoms with Crippen LogP contribution in [0.1, 0.15) is 44.8 Å². The number of aryl methyl sites for hydroxylation is 1. The van der Waals surface area contributed by atoms with Gasteiger partial charge in [0.05, 0.1) is 15.0 Å². The van der Waals surface area contributed by atoms with Gasteiger partial charge in [0.15, 0.2) is 0 Å². The normalized spacial score (nSPS) is 12.8. The van der Waals surface area contributed by atoms with Gasteiger partial charge in [-0.2, -0.15) is 0 Å². The number of nitrogens with zero attached hydrogens (tertiary/aromatic N) is 2. The molecule has 210 valence electrons. The highest BCUT2D eigenvalue weighted by atomic mass is 79.9. The summed E-state index contributed by atoms with van der Waals surface area (Å²) in [5.41, 5.74) is 3.63. The van der Waals surface area contributed by atoms with Gasteiger partial charge in [0.25, 0.3) is 5.91 Å². The van der Waals surface area contributed by atoms with Crippen molar-refractivity contribution in [3.8, 4) is 5.75 Å². The number of carbonyl (C=O) groups excluding carboxylic acids is 1. The number of fused-ring (bicyclic) bond motifs is 2. The third kappa shape index (κ3) is 5.84. The molecule has 1 aliphatic rings. The van der Waals surface area contributed by atoms with Gasteiger partial charge in [0, 0.05) is 28.4 Å². The quantitative estimate of drug-likeness (QED) is 0.104. The summed E-state index contributed by atoms with van der Waals surface area (Å²) in [6, 6.07) is 26.4. The number of anilines is 1. The van der Waals surface area contributed by atoms with E-state index in [9.17, 15) is 14.9 Å². The first-order valence-electron chi connectivity index (χ1n) is 13.6. The lowest BCUT2D eigenvalue weighted by atomic mass is 9.95. The largest absolute Gasteiger partial charge is 0.481 e. The van der Waals surface area contributed by atoms with Crippen molar-refractivity contribution in [2.45, 2.75) is 32.3 Å². The van der Waals surface area contributed by atoms with E-state index in [-0.39, 0.29) is 24.0 Å². The van der Waals surface area contributed by atoms with Crippen LogP contribution in [0.5, 0.6) is 5.75 Å². The first-order valence-corrected chi connectivity index (χ1v) is 15.2. The molecule has 1 N–H and O–H groups in total. The van der Waals surface area contributed by atoms with Crippen LogP contribution in [0.3, 0.4) is 0 Å². The highest BCUT2D eigenvalue weighted by Crippen LogP contribution is 2.41. The Balaban J connectivity index is 1.29. The molecule has 0 saturated carbocycles. The number of carbonyl (C=O) groups is 1. The van der Waals surface area contributed by atoms with Crippen LogP contribution >= 0.6 is 27.3 Å². The Morgan fingerprint density at radius 1 is 1.02 bits per heavy atom. The minimum absolute atomic E-state index is 0.152. The number of nitrogens with one attached hydrogen (secondary N) is 1. The number of benzene rings is 4. The zero-order chi connectivity index (χ0) is 29.1. The van der Waals surface area contributed by atoms with Crippen molar-refractivity contribution in [1.82, 2.24) is 0 Å². The molecule has 0 saturated heterocycles. The maximum absolute atomic E-state index is 13.4. The van der Waals surface area contributed by atoms with Gasteiger partial charge in [-0.3, -0.25) is 14.9 Å². The Bertz CT molecular complexity index is 1830. The number of para-hydroxylation sites is 1. The monoisotopic (exact) mass is 639 g/mol. The number of aliphatic imine (C=N–C) groups is 1. The van der Waals surface area contributed by atoms with Gasteiger partial charge in [-0.1, -0.05) is 60.7 Å². The average molecular weight is 641 g/mol. The van der Waals surface area contributed by atoms with E-state index in [2.05, 4.69) is 21.2 Å². The zero-order valence-electron chi connectivity index (χ0n) is 22.5. The summed E-state index contributed by atoms with van der Waals surface area (Å²) in [5, 5.41) is 17.8. The molecule has 7 nitrogen and oxygen atoms in total. The summed E-state index contributed by atoms with van der Waals surface area (Å²) in [5.74, 6) is -0.0447. The summed E-state index contributed by atoms with van der Waals surface area (Å²) in [6.07, 6.45) is 5.43. The Labute approximate surface area is 255 Å². The fourth-order valence-corrected chi connectivity index (χ4v) is 7.06. The Morgan fingerprint density at radius 3 is 2.62 bits per heavy atom. The van der Waals surface area contributed by atoms with E-state index in [0.717, 1.165) is 47.6 Å². The molecule has 1 heterocycles. The van der Waals surface area contributed by atoms with Crippen LogP contribution in [-0.2, 0) is 19.4 Å². The molecule has 0 radical (unpaired) electrons. The zero-order valence-corrected chi connectivity index (χ0v) is 24.9. The lowest BCUT2D eigenvalue weighted by Gasteiger charge is -2.12. The Hall–Kier alpha value is -4.34. The molecule has 0 fully saturated rings. The molecule has 0 unspecified atom stereocenters. The lowest BCUT2D eigenvalue weighted by Crippen LogP contribution is -2.14. The number of nitro groups is 1. The molecule has 0 spiro atoms.